The van der Waals surface area contributed by atoms with Crippen molar-refractivity contribution >= 4 is 11.7 Å². The van der Waals surface area contributed by atoms with Gasteiger partial charge in [-0.1, -0.05) is 12.8 Å². The van der Waals surface area contributed by atoms with Crippen molar-refractivity contribution in [2.75, 3.05) is 45.2 Å². The number of carbonyl (C=O) groups is 1. The van der Waals surface area contributed by atoms with Crippen molar-refractivity contribution in [3.05, 3.63) is 42.1 Å². The van der Waals surface area contributed by atoms with Gasteiger partial charge in [0.1, 0.15) is 44.3 Å². The maximum absolute atomic E-state index is 12.6. The number of hydrogen-bond donors (Lipinski definition) is 3. The Hall–Kier alpha value is -2.38. The molecule has 3 N–H and O–H groups in total. The number of hydrogen-bond acceptors (Lipinski definition) is 3. The van der Waals surface area contributed by atoms with Crippen LogP contribution in [0, 0.1) is 0 Å². The maximum atomic E-state index is 12.6. The first-order valence-electron chi connectivity index (χ1n) is 10.8. The van der Waals surface area contributed by atoms with E-state index in [9.17, 15) is 4.79 Å². The van der Waals surface area contributed by atoms with Gasteiger partial charge in [0.25, 0.3) is 5.91 Å². The van der Waals surface area contributed by atoms with E-state index in [1.54, 1.807) is 18.2 Å². The van der Waals surface area contributed by atoms with Crippen LogP contribution in [0.5, 0.6) is 5.75 Å². The molecule has 1 saturated carbocycles. The lowest BCUT2D eigenvalue weighted by Crippen LogP contribution is -3.28. The minimum atomic E-state index is 0.0957. The molecule has 4 rings (SSSR count). The van der Waals surface area contributed by atoms with Gasteiger partial charge in [-0.2, -0.15) is 5.10 Å². The fourth-order valence-corrected chi connectivity index (χ4v) is 4.61. The number of ether oxygens (including phenoxy) is 1. The van der Waals surface area contributed by atoms with E-state index in [-0.39, 0.29) is 5.91 Å². The summed E-state index contributed by atoms with van der Waals surface area (Å²) in [5, 5.41) is 7.54. The molecule has 1 aliphatic heterocycles. The number of nitrogens with zero attached hydrogens (tertiary/aromatic N) is 2. The second-order valence-electron chi connectivity index (χ2n) is 8.35. The topological polar surface area (TPSA) is 65.0 Å². The number of carbonyl (C=O) groups excluding carboxylic acids is 1. The average Bonchev–Trinajstić information content (AvgIpc) is 3.42. The summed E-state index contributed by atoms with van der Waals surface area (Å²) in [4.78, 5) is 15.5. The SMILES string of the molecule is COc1ccc(C[NH+]2CC[NH+](CC(=O)Nc3ccnn3C3CCCC3)CC2)cc1. The zero-order chi connectivity index (χ0) is 20.1. The molecule has 2 aliphatic rings. The highest BCUT2D eigenvalue weighted by Gasteiger charge is 2.26. The van der Waals surface area contributed by atoms with Gasteiger partial charge in [-0.05, 0) is 37.1 Å². The molecule has 0 radical (unpaired) electrons. The number of nitrogens with one attached hydrogen (secondary N) is 3. The van der Waals surface area contributed by atoms with Crippen LogP contribution in [0.15, 0.2) is 36.5 Å². The fraction of sp³-hybridized carbons (Fsp3) is 0.545. The maximum Gasteiger partial charge on any atom is 0.280 e. The van der Waals surface area contributed by atoms with Crippen molar-refractivity contribution in [1.29, 1.82) is 0 Å². The van der Waals surface area contributed by atoms with Crippen molar-refractivity contribution in [2.24, 2.45) is 0 Å². The number of aromatic nitrogens is 2. The number of rotatable bonds is 7. The van der Waals surface area contributed by atoms with Crippen LogP contribution >= 0.6 is 0 Å². The highest BCUT2D eigenvalue weighted by atomic mass is 16.5. The van der Waals surface area contributed by atoms with Gasteiger partial charge in [0.15, 0.2) is 6.54 Å². The Morgan fingerprint density at radius 2 is 1.79 bits per heavy atom. The molecule has 7 heteroatoms. The van der Waals surface area contributed by atoms with Crippen molar-refractivity contribution < 1.29 is 19.3 Å². The highest BCUT2D eigenvalue weighted by Crippen LogP contribution is 2.31. The Bertz CT molecular complexity index is 790. The van der Waals surface area contributed by atoms with Gasteiger partial charge in [0.2, 0.25) is 0 Å². The van der Waals surface area contributed by atoms with Crippen LogP contribution in [-0.4, -0.2) is 55.5 Å². The summed E-state index contributed by atoms with van der Waals surface area (Å²) in [5.74, 6) is 1.85. The summed E-state index contributed by atoms with van der Waals surface area (Å²) >= 11 is 0. The van der Waals surface area contributed by atoms with Crippen molar-refractivity contribution in [3.63, 3.8) is 0 Å². The average molecular weight is 400 g/mol. The standard InChI is InChI=1S/C22H31N5O2/c1-29-20-8-6-18(7-9-20)16-25-12-14-26(15-13-25)17-22(28)24-21-10-11-23-27(21)19-4-2-3-5-19/h6-11,19H,2-5,12-17H2,1H3,(H,24,28)/p+2. The molecular formula is C22H33N5O2+2. The van der Waals surface area contributed by atoms with Crippen LogP contribution in [0.3, 0.4) is 0 Å². The quantitative estimate of drug-likeness (QED) is 0.611. The van der Waals surface area contributed by atoms with Crippen LogP contribution in [-0.2, 0) is 11.3 Å². The van der Waals surface area contributed by atoms with Crippen LogP contribution < -0.4 is 19.9 Å². The molecule has 2 heterocycles. The van der Waals surface area contributed by atoms with Gasteiger partial charge in [0.05, 0.1) is 19.3 Å². The Labute approximate surface area is 172 Å². The van der Waals surface area contributed by atoms with Crippen LogP contribution in [0.2, 0.25) is 0 Å². The van der Waals surface area contributed by atoms with E-state index in [4.69, 9.17) is 4.74 Å². The molecule has 1 amide bonds. The second kappa shape index (κ2) is 9.41. The molecular weight excluding hydrogens is 366 g/mol. The van der Waals surface area contributed by atoms with E-state index in [0.29, 0.717) is 12.6 Å². The van der Waals surface area contributed by atoms with Gasteiger partial charge in [0, 0.05) is 11.6 Å². The normalized spacial score (nSPS) is 22.5. The Kier molecular flexibility index (Phi) is 6.46. The highest BCUT2D eigenvalue weighted by molar-refractivity contribution is 5.90. The van der Waals surface area contributed by atoms with E-state index < -0.39 is 0 Å². The summed E-state index contributed by atoms with van der Waals surface area (Å²) < 4.78 is 7.24. The van der Waals surface area contributed by atoms with Crippen LogP contribution in [0.25, 0.3) is 0 Å². The monoisotopic (exact) mass is 399 g/mol. The molecule has 1 aromatic carbocycles. The lowest BCUT2D eigenvalue weighted by molar-refractivity contribution is -1.02. The molecule has 0 atom stereocenters. The Morgan fingerprint density at radius 3 is 2.48 bits per heavy atom. The first-order chi connectivity index (χ1) is 14.2. The van der Waals surface area contributed by atoms with Crippen molar-refractivity contribution in [2.45, 2.75) is 38.3 Å². The summed E-state index contributed by atoms with van der Waals surface area (Å²) in [5.41, 5.74) is 1.34. The van der Waals surface area contributed by atoms with Crippen LogP contribution in [0.1, 0.15) is 37.3 Å². The smallest absolute Gasteiger partial charge is 0.280 e. The molecule has 2 aromatic rings. The predicted octanol–water partition coefficient (Wildman–Crippen LogP) is -0.0711. The molecule has 7 nitrogen and oxygen atoms in total. The third kappa shape index (κ3) is 5.16. The molecule has 1 aliphatic carbocycles. The summed E-state index contributed by atoms with van der Waals surface area (Å²) in [6.45, 7) is 5.81. The van der Waals surface area contributed by atoms with Crippen molar-refractivity contribution in [3.8, 4) is 5.75 Å². The molecule has 0 bridgehead atoms. The Morgan fingerprint density at radius 1 is 1.10 bits per heavy atom. The zero-order valence-corrected chi connectivity index (χ0v) is 17.3. The lowest BCUT2D eigenvalue weighted by atomic mass is 10.2. The zero-order valence-electron chi connectivity index (χ0n) is 17.3. The number of methoxy groups -OCH3 is 1. The van der Waals surface area contributed by atoms with Gasteiger partial charge in [-0.25, -0.2) is 4.68 Å². The third-order valence-electron chi connectivity index (χ3n) is 6.30. The molecule has 1 aromatic heterocycles. The van der Waals surface area contributed by atoms with Crippen molar-refractivity contribution in [1.82, 2.24) is 9.78 Å². The fourth-order valence-electron chi connectivity index (χ4n) is 4.61. The van der Waals surface area contributed by atoms with E-state index in [0.717, 1.165) is 57.1 Å². The van der Waals surface area contributed by atoms with Crippen LogP contribution in [0.4, 0.5) is 5.82 Å². The minimum absolute atomic E-state index is 0.0957. The number of piperazine rings is 1. The second-order valence-corrected chi connectivity index (χ2v) is 8.35. The number of benzene rings is 1. The Balaban J connectivity index is 1.22. The largest absolute Gasteiger partial charge is 0.497 e. The molecule has 1 saturated heterocycles. The number of amides is 1. The summed E-state index contributed by atoms with van der Waals surface area (Å²) in [6.07, 6.45) is 6.63. The number of anilines is 1. The molecule has 2 fully saturated rings. The van der Waals surface area contributed by atoms with E-state index in [1.807, 2.05) is 22.9 Å². The predicted molar refractivity (Wildman–Crippen MR) is 111 cm³/mol. The molecule has 29 heavy (non-hydrogen) atoms. The van der Waals surface area contributed by atoms with Gasteiger partial charge >= 0.3 is 0 Å². The molecule has 0 unspecified atom stereocenters. The molecule has 0 spiro atoms. The molecule has 156 valence electrons. The van der Waals surface area contributed by atoms with Gasteiger partial charge in [-0.15, -0.1) is 0 Å². The minimum Gasteiger partial charge on any atom is -0.497 e. The van der Waals surface area contributed by atoms with E-state index in [1.165, 1.54) is 23.3 Å². The summed E-state index contributed by atoms with van der Waals surface area (Å²) in [7, 11) is 1.70. The summed E-state index contributed by atoms with van der Waals surface area (Å²) in [6, 6.07) is 10.7. The first-order valence-corrected chi connectivity index (χ1v) is 10.8. The third-order valence-corrected chi connectivity index (χ3v) is 6.30. The number of quaternary nitrogens is 2. The van der Waals surface area contributed by atoms with E-state index in [2.05, 4.69) is 22.5 Å². The van der Waals surface area contributed by atoms with E-state index >= 15 is 0 Å². The lowest BCUT2D eigenvalue weighted by Gasteiger charge is -2.29. The van der Waals surface area contributed by atoms with Gasteiger partial charge < -0.3 is 19.9 Å². The first kappa shape index (κ1) is 19.9. The van der Waals surface area contributed by atoms with Gasteiger partial charge in [-0.3, -0.25) is 4.79 Å².